The summed E-state index contributed by atoms with van der Waals surface area (Å²) in [5, 5.41) is 0. The molecule has 2 N–H and O–H groups in total. The van der Waals surface area contributed by atoms with Crippen LogP contribution < -0.4 is 10.5 Å². The van der Waals surface area contributed by atoms with E-state index in [2.05, 4.69) is 4.40 Å². The lowest BCUT2D eigenvalue weighted by Gasteiger charge is -2.28. The first-order valence-corrected chi connectivity index (χ1v) is 7.53. The summed E-state index contributed by atoms with van der Waals surface area (Å²) in [6, 6.07) is 5.36. The van der Waals surface area contributed by atoms with Gasteiger partial charge in [-0.05, 0) is 30.9 Å². The Morgan fingerprint density at radius 2 is 2.11 bits per heavy atom. The molecule has 0 aromatic heterocycles. The summed E-state index contributed by atoms with van der Waals surface area (Å²) >= 11 is 0. The molecule has 0 spiro atoms. The molecule has 1 fully saturated rings. The van der Waals surface area contributed by atoms with Gasteiger partial charge in [-0.15, -0.1) is 4.40 Å². The molecule has 5 nitrogen and oxygen atoms in total. The van der Waals surface area contributed by atoms with Crippen molar-refractivity contribution in [2.24, 2.45) is 10.1 Å². The Morgan fingerprint density at radius 3 is 2.78 bits per heavy atom. The lowest BCUT2D eigenvalue weighted by atomic mass is 9.96. The number of ether oxygens (including phenoxy) is 1. The molecular weight excluding hydrogens is 252 g/mol. The van der Waals surface area contributed by atoms with Crippen molar-refractivity contribution in [2.45, 2.75) is 31.1 Å². The molecular formula is C12H14N2O3S. The zero-order valence-corrected chi connectivity index (χ0v) is 10.6. The number of sulfonamides is 1. The maximum Gasteiger partial charge on any atom is 0.259 e. The van der Waals surface area contributed by atoms with Gasteiger partial charge in [0.15, 0.2) is 0 Å². The highest BCUT2D eigenvalue weighted by molar-refractivity contribution is 7.89. The number of nitrogens with zero attached hydrogens (tertiary/aromatic N) is 1. The van der Waals surface area contributed by atoms with Crippen LogP contribution in [0.15, 0.2) is 22.6 Å². The third kappa shape index (κ3) is 1.96. The molecule has 1 aromatic carbocycles. The smallest absolute Gasteiger partial charge is 0.259 e. The van der Waals surface area contributed by atoms with Crippen molar-refractivity contribution in [1.82, 2.24) is 0 Å². The summed E-state index contributed by atoms with van der Waals surface area (Å²) in [4.78, 5) is 0. The number of rotatable bonds is 2. The molecule has 18 heavy (non-hydrogen) atoms. The average molecular weight is 266 g/mol. The van der Waals surface area contributed by atoms with Crippen LogP contribution in [0.5, 0.6) is 5.75 Å². The van der Waals surface area contributed by atoms with Crippen molar-refractivity contribution in [2.75, 3.05) is 0 Å². The van der Waals surface area contributed by atoms with Gasteiger partial charge in [-0.25, -0.2) is 8.42 Å². The summed E-state index contributed by atoms with van der Waals surface area (Å²) in [7, 11) is -3.47. The second kappa shape index (κ2) is 3.98. The van der Waals surface area contributed by atoms with Crippen LogP contribution in [0.25, 0.3) is 0 Å². The monoisotopic (exact) mass is 266 g/mol. The van der Waals surface area contributed by atoms with Crippen LogP contribution in [-0.2, 0) is 15.8 Å². The van der Waals surface area contributed by atoms with Crippen LogP contribution in [0.4, 0.5) is 0 Å². The SMILES string of the molecule is NC1=NS(=O)(=O)Cc2cccc(OC3CCC3)c21. The molecule has 1 aliphatic heterocycles. The van der Waals surface area contributed by atoms with Gasteiger partial charge in [0.1, 0.15) is 11.6 Å². The number of benzene rings is 1. The van der Waals surface area contributed by atoms with E-state index in [1.165, 1.54) is 6.42 Å². The normalized spacial score (nSPS) is 21.7. The maximum absolute atomic E-state index is 11.5. The standard InChI is InChI=1S/C12H14N2O3S/c13-12-11-8(7-18(15,16)14-12)3-1-6-10(11)17-9-4-2-5-9/h1,3,6,9H,2,4-5,7H2,(H2,13,14). The zero-order valence-electron chi connectivity index (χ0n) is 9.80. The third-order valence-electron chi connectivity index (χ3n) is 3.29. The molecule has 6 heteroatoms. The largest absolute Gasteiger partial charge is 0.490 e. The average Bonchev–Trinajstić information content (AvgIpc) is 2.21. The van der Waals surface area contributed by atoms with Gasteiger partial charge in [-0.3, -0.25) is 0 Å². The molecule has 1 aromatic rings. The van der Waals surface area contributed by atoms with Gasteiger partial charge in [0, 0.05) is 0 Å². The maximum atomic E-state index is 11.5. The first-order chi connectivity index (χ1) is 8.55. The second-order valence-corrected chi connectivity index (χ2v) is 6.30. The van der Waals surface area contributed by atoms with Crippen LogP contribution >= 0.6 is 0 Å². The molecule has 1 aliphatic carbocycles. The fraction of sp³-hybridized carbons (Fsp3) is 0.417. The minimum Gasteiger partial charge on any atom is -0.490 e. The van der Waals surface area contributed by atoms with E-state index >= 15 is 0 Å². The number of hydrogen-bond acceptors (Lipinski definition) is 4. The molecule has 0 atom stereocenters. The molecule has 1 saturated carbocycles. The van der Waals surface area contributed by atoms with Gasteiger partial charge < -0.3 is 10.5 Å². The van der Waals surface area contributed by atoms with Crippen LogP contribution in [0.1, 0.15) is 30.4 Å². The van der Waals surface area contributed by atoms with Gasteiger partial charge in [-0.1, -0.05) is 12.1 Å². The van der Waals surface area contributed by atoms with Crippen molar-refractivity contribution in [3.63, 3.8) is 0 Å². The van der Waals surface area contributed by atoms with Crippen LogP contribution in [-0.4, -0.2) is 20.4 Å². The summed E-state index contributed by atoms with van der Waals surface area (Å²) in [5.74, 6) is 0.574. The minimum absolute atomic E-state index is 0.0335. The number of fused-ring (bicyclic) bond motifs is 1. The summed E-state index contributed by atoms with van der Waals surface area (Å²) in [5.41, 5.74) is 7.05. The molecule has 96 valence electrons. The zero-order chi connectivity index (χ0) is 12.8. The van der Waals surface area contributed by atoms with Crippen molar-refractivity contribution in [3.05, 3.63) is 29.3 Å². The summed E-state index contributed by atoms with van der Waals surface area (Å²) in [6.07, 6.45) is 3.48. The van der Waals surface area contributed by atoms with Crippen molar-refractivity contribution < 1.29 is 13.2 Å². The van der Waals surface area contributed by atoms with Crippen LogP contribution in [0.2, 0.25) is 0 Å². The fourth-order valence-electron chi connectivity index (χ4n) is 2.18. The Labute approximate surface area is 106 Å². The minimum atomic E-state index is -3.47. The first kappa shape index (κ1) is 11.5. The summed E-state index contributed by atoms with van der Waals surface area (Å²) in [6.45, 7) is 0. The third-order valence-corrected chi connectivity index (χ3v) is 4.44. The van der Waals surface area contributed by atoms with Gasteiger partial charge in [0.05, 0.1) is 17.4 Å². The number of nitrogens with two attached hydrogens (primary N) is 1. The Bertz CT molecular complexity index is 618. The van der Waals surface area contributed by atoms with E-state index in [1.807, 2.05) is 6.07 Å². The summed E-state index contributed by atoms with van der Waals surface area (Å²) < 4.78 is 32.4. The molecule has 1 heterocycles. The quantitative estimate of drug-likeness (QED) is 0.871. The van der Waals surface area contributed by atoms with Crippen molar-refractivity contribution in [1.29, 1.82) is 0 Å². The van der Waals surface area contributed by atoms with E-state index in [-0.39, 0.29) is 17.7 Å². The fourth-order valence-corrected chi connectivity index (χ4v) is 3.27. The van der Waals surface area contributed by atoms with E-state index in [4.69, 9.17) is 10.5 Å². The van der Waals surface area contributed by atoms with Crippen LogP contribution in [0, 0.1) is 0 Å². The first-order valence-electron chi connectivity index (χ1n) is 5.92. The molecule has 0 amide bonds. The number of hydrogen-bond donors (Lipinski definition) is 1. The highest BCUT2D eigenvalue weighted by Gasteiger charge is 2.27. The van der Waals surface area contributed by atoms with Crippen LogP contribution in [0.3, 0.4) is 0 Å². The van der Waals surface area contributed by atoms with Gasteiger partial charge in [0.2, 0.25) is 0 Å². The Hall–Kier alpha value is -1.56. The van der Waals surface area contributed by atoms with Crippen molar-refractivity contribution in [3.8, 4) is 5.75 Å². The number of amidine groups is 1. The van der Waals surface area contributed by atoms with E-state index in [0.29, 0.717) is 16.9 Å². The van der Waals surface area contributed by atoms with Gasteiger partial charge in [0.25, 0.3) is 10.0 Å². The van der Waals surface area contributed by atoms with Gasteiger partial charge >= 0.3 is 0 Å². The molecule has 3 rings (SSSR count). The lowest BCUT2D eigenvalue weighted by Crippen LogP contribution is -2.29. The highest BCUT2D eigenvalue weighted by Crippen LogP contribution is 2.32. The van der Waals surface area contributed by atoms with Crippen molar-refractivity contribution >= 4 is 15.9 Å². The molecule has 0 radical (unpaired) electrons. The van der Waals surface area contributed by atoms with E-state index in [9.17, 15) is 8.42 Å². The van der Waals surface area contributed by atoms with Gasteiger partial charge in [-0.2, -0.15) is 0 Å². The van der Waals surface area contributed by atoms with E-state index in [1.54, 1.807) is 12.1 Å². The Kier molecular flexibility index (Phi) is 2.55. The van der Waals surface area contributed by atoms with E-state index < -0.39 is 10.0 Å². The predicted molar refractivity (Wildman–Crippen MR) is 68.1 cm³/mol. The Balaban J connectivity index is 2.03. The molecule has 0 saturated heterocycles. The second-order valence-electron chi connectivity index (χ2n) is 4.66. The molecule has 2 aliphatic rings. The Morgan fingerprint density at radius 1 is 1.33 bits per heavy atom. The molecule has 0 unspecified atom stereocenters. The predicted octanol–water partition coefficient (Wildman–Crippen LogP) is 1.17. The highest BCUT2D eigenvalue weighted by atomic mass is 32.2. The molecule has 0 bridgehead atoms. The topological polar surface area (TPSA) is 81.8 Å². The van der Waals surface area contributed by atoms with E-state index in [0.717, 1.165) is 12.8 Å². The lowest BCUT2D eigenvalue weighted by molar-refractivity contribution is 0.120.